The van der Waals surface area contributed by atoms with Gasteiger partial charge < -0.3 is 15.8 Å². The first-order valence-electron chi connectivity index (χ1n) is 6.63. The lowest BCUT2D eigenvalue weighted by Gasteiger charge is -2.09. The third-order valence-electron chi connectivity index (χ3n) is 2.86. The standard InChI is InChI=1S/C16H17FN2O2/c17-13-3-1-2-12(10-13)11-19-14-4-6-15(7-5-14)21-9-8-16(18)20/h1-7,10,19H,8-9,11H2,(H2,18,20). The molecule has 1 amide bonds. The fraction of sp³-hybridized carbons (Fsp3) is 0.188. The highest BCUT2D eigenvalue weighted by Gasteiger charge is 1.99. The van der Waals surface area contributed by atoms with Crippen LogP contribution in [0.4, 0.5) is 10.1 Å². The number of halogens is 1. The van der Waals surface area contributed by atoms with E-state index in [-0.39, 0.29) is 24.8 Å². The molecule has 0 aliphatic rings. The van der Waals surface area contributed by atoms with E-state index in [0.717, 1.165) is 11.3 Å². The van der Waals surface area contributed by atoms with E-state index < -0.39 is 0 Å². The summed E-state index contributed by atoms with van der Waals surface area (Å²) < 4.78 is 18.4. The Labute approximate surface area is 122 Å². The summed E-state index contributed by atoms with van der Waals surface area (Å²) in [5.41, 5.74) is 6.81. The molecule has 0 aromatic heterocycles. The second-order valence-corrected chi connectivity index (χ2v) is 4.57. The molecule has 0 heterocycles. The maximum absolute atomic E-state index is 13.0. The number of benzene rings is 2. The van der Waals surface area contributed by atoms with Crippen molar-refractivity contribution in [2.24, 2.45) is 5.73 Å². The van der Waals surface area contributed by atoms with Crippen molar-refractivity contribution >= 4 is 11.6 Å². The van der Waals surface area contributed by atoms with Crippen molar-refractivity contribution in [3.8, 4) is 5.75 Å². The summed E-state index contributed by atoms with van der Waals surface area (Å²) in [6.07, 6.45) is 0.194. The quantitative estimate of drug-likeness (QED) is 0.823. The second-order valence-electron chi connectivity index (χ2n) is 4.57. The Hall–Kier alpha value is -2.56. The van der Waals surface area contributed by atoms with Crippen molar-refractivity contribution in [1.29, 1.82) is 0 Å². The number of primary amides is 1. The first-order valence-corrected chi connectivity index (χ1v) is 6.63. The van der Waals surface area contributed by atoms with E-state index in [0.29, 0.717) is 12.3 Å². The molecule has 2 rings (SSSR count). The van der Waals surface area contributed by atoms with Crippen LogP contribution in [0.2, 0.25) is 0 Å². The van der Waals surface area contributed by atoms with Crippen molar-refractivity contribution in [3.63, 3.8) is 0 Å². The van der Waals surface area contributed by atoms with Crippen molar-refractivity contribution in [3.05, 3.63) is 59.9 Å². The summed E-state index contributed by atoms with van der Waals surface area (Å²) in [4.78, 5) is 10.6. The Bertz CT molecular complexity index is 599. The molecule has 3 N–H and O–H groups in total. The highest BCUT2D eigenvalue weighted by molar-refractivity contribution is 5.73. The van der Waals surface area contributed by atoms with Gasteiger partial charge in [0.05, 0.1) is 13.0 Å². The van der Waals surface area contributed by atoms with Crippen LogP contribution in [0.5, 0.6) is 5.75 Å². The normalized spacial score (nSPS) is 10.1. The molecule has 21 heavy (non-hydrogen) atoms. The number of ether oxygens (including phenoxy) is 1. The fourth-order valence-electron chi connectivity index (χ4n) is 1.79. The van der Waals surface area contributed by atoms with Crippen LogP contribution in [0.3, 0.4) is 0 Å². The summed E-state index contributed by atoms with van der Waals surface area (Å²) in [5, 5.41) is 3.19. The number of rotatable bonds is 7. The van der Waals surface area contributed by atoms with Crippen molar-refractivity contribution in [2.45, 2.75) is 13.0 Å². The molecular weight excluding hydrogens is 271 g/mol. The van der Waals surface area contributed by atoms with Gasteiger partial charge in [-0.1, -0.05) is 12.1 Å². The largest absolute Gasteiger partial charge is 0.493 e. The zero-order valence-electron chi connectivity index (χ0n) is 11.5. The van der Waals surface area contributed by atoms with Crippen LogP contribution < -0.4 is 15.8 Å². The van der Waals surface area contributed by atoms with Crippen LogP contribution in [0, 0.1) is 5.82 Å². The number of amides is 1. The van der Waals surface area contributed by atoms with Crippen LogP contribution >= 0.6 is 0 Å². The van der Waals surface area contributed by atoms with Gasteiger partial charge in [0, 0.05) is 12.2 Å². The number of nitrogens with two attached hydrogens (primary N) is 1. The van der Waals surface area contributed by atoms with Crippen LogP contribution in [-0.2, 0) is 11.3 Å². The lowest BCUT2D eigenvalue weighted by atomic mass is 10.2. The Morgan fingerprint density at radius 2 is 1.95 bits per heavy atom. The highest BCUT2D eigenvalue weighted by atomic mass is 19.1. The van der Waals surface area contributed by atoms with E-state index in [1.165, 1.54) is 12.1 Å². The summed E-state index contributed by atoms with van der Waals surface area (Å²) in [6, 6.07) is 13.8. The Balaban J connectivity index is 1.83. The third kappa shape index (κ3) is 5.14. The summed E-state index contributed by atoms with van der Waals surface area (Å²) in [5.74, 6) is 0.0448. The average Bonchev–Trinajstić information content (AvgIpc) is 2.46. The fourth-order valence-corrected chi connectivity index (χ4v) is 1.79. The molecule has 0 radical (unpaired) electrons. The molecule has 0 saturated heterocycles. The van der Waals surface area contributed by atoms with E-state index in [4.69, 9.17) is 10.5 Å². The van der Waals surface area contributed by atoms with Gasteiger partial charge in [-0.25, -0.2) is 4.39 Å². The number of anilines is 1. The smallest absolute Gasteiger partial charge is 0.220 e. The van der Waals surface area contributed by atoms with Gasteiger partial charge in [-0.15, -0.1) is 0 Å². The molecule has 0 aliphatic carbocycles. The zero-order chi connectivity index (χ0) is 15.1. The minimum absolute atomic E-state index is 0.194. The average molecular weight is 288 g/mol. The van der Waals surface area contributed by atoms with Gasteiger partial charge in [0.1, 0.15) is 11.6 Å². The molecule has 2 aromatic carbocycles. The van der Waals surface area contributed by atoms with Crippen LogP contribution in [-0.4, -0.2) is 12.5 Å². The molecule has 0 spiro atoms. The van der Waals surface area contributed by atoms with Crippen molar-refractivity contribution < 1.29 is 13.9 Å². The van der Waals surface area contributed by atoms with E-state index in [1.807, 2.05) is 18.2 Å². The number of hydrogen-bond donors (Lipinski definition) is 2. The van der Waals surface area contributed by atoms with Crippen LogP contribution in [0.25, 0.3) is 0 Å². The molecule has 0 bridgehead atoms. The van der Waals surface area contributed by atoms with E-state index in [1.54, 1.807) is 18.2 Å². The Kier molecular flexibility index (Phi) is 5.15. The Morgan fingerprint density at radius 3 is 2.62 bits per heavy atom. The molecule has 0 unspecified atom stereocenters. The van der Waals surface area contributed by atoms with Gasteiger partial charge in [0.2, 0.25) is 5.91 Å². The topological polar surface area (TPSA) is 64.4 Å². The Morgan fingerprint density at radius 1 is 1.19 bits per heavy atom. The SMILES string of the molecule is NC(=O)CCOc1ccc(NCc2cccc(F)c2)cc1. The first kappa shape index (κ1) is 14.8. The maximum Gasteiger partial charge on any atom is 0.220 e. The number of carbonyl (C=O) groups is 1. The number of nitrogens with one attached hydrogen (secondary N) is 1. The van der Waals surface area contributed by atoms with Gasteiger partial charge in [-0.3, -0.25) is 4.79 Å². The molecule has 2 aromatic rings. The van der Waals surface area contributed by atoms with Crippen molar-refractivity contribution in [1.82, 2.24) is 0 Å². The molecule has 4 nitrogen and oxygen atoms in total. The summed E-state index contributed by atoms with van der Waals surface area (Å²) in [7, 11) is 0. The number of carbonyl (C=O) groups excluding carboxylic acids is 1. The molecule has 5 heteroatoms. The van der Waals surface area contributed by atoms with Crippen molar-refractivity contribution in [2.75, 3.05) is 11.9 Å². The highest BCUT2D eigenvalue weighted by Crippen LogP contribution is 2.16. The van der Waals surface area contributed by atoms with Gasteiger partial charge in [0.25, 0.3) is 0 Å². The summed E-state index contributed by atoms with van der Waals surface area (Å²) in [6.45, 7) is 0.811. The molecule has 0 aliphatic heterocycles. The van der Waals surface area contributed by atoms with E-state index in [2.05, 4.69) is 5.32 Å². The molecule has 0 atom stereocenters. The zero-order valence-corrected chi connectivity index (χ0v) is 11.5. The maximum atomic E-state index is 13.0. The predicted molar refractivity (Wildman–Crippen MR) is 79.5 cm³/mol. The van der Waals surface area contributed by atoms with Gasteiger partial charge >= 0.3 is 0 Å². The monoisotopic (exact) mass is 288 g/mol. The second kappa shape index (κ2) is 7.28. The summed E-state index contributed by atoms with van der Waals surface area (Å²) >= 11 is 0. The predicted octanol–water partition coefficient (Wildman–Crippen LogP) is 2.69. The first-order chi connectivity index (χ1) is 10.1. The minimum Gasteiger partial charge on any atom is -0.493 e. The van der Waals surface area contributed by atoms with Gasteiger partial charge in [0.15, 0.2) is 0 Å². The van der Waals surface area contributed by atoms with E-state index in [9.17, 15) is 9.18 Å². The number of hydrogen-bond acceptors (Lipinski definition) is 3. The van der Waals surface area contributed by atoms with E-state index >= 15 is 0 Å². The lowest BCUT2D eigenvalue weighted by molar-refractivity contribution is -0.118. The molecule has 0 saturated carbocycles. The van der Waals surface area contributed by atoms with Crippen LogP contribution in [0.1, 0.15) is 12.0 Å². The lowest BCUT2D eigenvalue weighted by Crippen LogP contribution is -2.14. The minimum atomic E-state index is -0.386. The molecule has 0 fully saturated rings. The molecule has 110 valence electrons. The van der Waals surface area contributed by atoms with Crippen LogP contribution in [0.15, 0.2) is 48.5 Å². The van der Waals surface area contributed by atoms with Gasteiger partial charge in [-0.2, -0.15) is 0 Å². The third-order valence-corrected chi connectivity index (χ3v) is 2.86. The molecular formula is C16H17FN2O2. The van der Waals surface area contributed by atoms with Gasteiger partial charge in [-0.05, 0) is 42.0 Å².